The van der Waals surface area contributed by atoms with Crippen LogP contribution < -0.4 is 10.1 Å². The molecule has 0 bridgehead atoms. The molecule has 0 fully saturated rings. The van der Waals surface area contributed by atoms with Gasteiger partial charge in [0.1, 0.15) is 23.9 Å². The summed E-state index contributed by atoms with van der Waals surface area (Å²) in [4.78, 5) is 23.1. The number of benzene rings is 2. The van der Waals surface area contributed by atoms with Crippen molar-refractivity contribution in [2.45, 2.75) is 26.5 Å². The number of carbonyl (C=O) groups is 2. The number of halogens is 1. The summed E-state index contributed by atoms with van der Waals surface area (Å²) in [5, 5.41) is 10.4. The Hall–Kier alpha value is -3.02. The highest BCUT2D eigenvalue weighted by Gasteiger charge is 2.19. The first-order chi connectivity index (χ1) is 11.9. The molecular formula is C19H19FN2O3. The molecule has 0 heterocycles. The third kappa shape index (κ3) is 5.24. The summed E-state index contributed by atoms with van der Waals surface area (Å²) in [6.45, 7) is 3.15. The van der Waals surface area contributed by atoms with Crippen LogP contribution in [0.15, 0.2) is 48.5 Å². The summed E-state index contributed by atoms with van der Waals surface area (Å²) in [5.41, 5.74) is 1.10. The maximum Gasteiger partial charge on any atom is 0.217 e. The van der Waals surface area contributed by atoms with E-state index in [1.54, 1.807) is 43.3 Å². The Morgan fingerprint density at radius 2 is 1.72 bits per heavy atom. The predicted octanol–water partition coefficient (Wildman–Crippen LogP) is 2.87. The second-order valence-electron chi connectivity index (χ2n) is 5.60. The van der Waals surface area contributed by atoms with E-state index in [0.29, 0.717) is 11.3 Å². The maximum absolute atomic E-state index is 12.9. The fourth-order valence-corrected chi connectivity index (χ4v) is 2.19. The van der Waals surface area contributed by atoms with Crippen LogP contribution in [0, 0.1) is 11.2 Å². The highest BCUT2D eigenvalue weighted by Crippen LogP contribution is 2.15. The molecule has 0 saturated carbocycles. The first-order valence-corrected chi connectivity index (χ1v) is 7.74. The zero-order valence-electron chi connectivity index (χ0n) is 14.0. The first-order valence-electron chi connectivity index (χ1n) is 7.74. The maximum atomic E-state index is 12.9. The minimum atomic E-state index is -0.751. The lowest BCUT2D eigenvalue weighted by molar-refractivity contribution is -0.123. The van der Waals surface area contributed by atoms with Crippen LogP contribution in [-0.2, 0) is 16.2 Å². The molecule has 6 heteroatoms. The van der Waals surface area contributed by atoms with Crippen LogP contribution in [0.3, 0.4) is 0 Å². The quantitative estimate of drug-likeness (QED) is 0.760. The SMILES string of the molecule is CC(=O)N[C@@H](C)C(=O)C(=N)c1ccc(OCc2ccc(F)cc2)cc1. The highest BCUT2D eigenvalue weighted by atomic mass is 19.1. The predicted molar refractivity (Wildman–Crippen MR) is 92.3 cm³/mol. The molecule has 0 aromatic heterocycles. The van der Waals surface area contributed by atoms with E-state index in [1.165, 1.54) is 19.1 Å². The van der Waals surface area contributed by atoms with E-state index in [-0.39, 0.29) is 24.0 Å². The van der Waals surface area contributed by atoms with Gasteiger partial charge >= 0.3 is 0 Å². The number of amides is 1. The average Bonchev–Trinajstić information content (AvgIpc) is 2.60. The molecule has 2 aromatic rings. The molecule has 1 atom stereocenters. The summed E-state index contributed by atoms with van der Waals surface area (Å²) in [7, 11) is 0. The van der Waals surface area contributed by atoms with Crippen molar-refractivity contribution in [3.8, 4) is 5.75 Å². The summed E-state index contributed by atoms with van der Waals surface area (Å²) in [5.74, 6) is -0.513. The number of ketones is 1. The van der Waals surface area contributed by atoms with Crippen molar-refractivity contribution in [3.63, 3.8) is 0 Å². The molecule has 1 amide bonds. The van der Waals surface area contributed by atoms with Crippen molar-refractivity contribution in [2.24, 2.45) is 0 Å². The van der Waals surface area contributed by atoms with Crippen molar-refractivity contribution in [1.82, 2.24) is 5.32 Å². The van der Waals surface area contributed by atoms with Crippen LogP contribution in [-0.4, -0.2) is 23.4 Å². The molecule has 0 aliphatic carbocycles. The Morgan fingerprint density at radius 1 is 1.12 bits per heavy atom. The van der Waals surface area contributed by atoms with Crippen molar-refractivity contribution < 1.29 is 18.7 Å². The van der Waals surface area contributed by atoms with Crippen molar-refractivity contribution in [3.05, 3.63) is 65.5 Å². The standard InChI is InChI=1S/C19H19FN2O3/c1-12(22-13(2)23)19(24)18(21)15-5-9-17(10-6-15)25-11-14-3-7-16(20)8-4-14/h3-10,12,21H,11H2,1-2H3,(H,22,23)/t12-/m0/s1. The van der Waals surface area contributed by atoms with Gasteiger partial charge < -0.3 is 10.1 Å². The van der Waals surface area contributed by atoms with Crippen LogP contribution in [0.25, 0.3) is 0 Å². The molecule has 0 unspecified atom stereocenters. The van der Waals surface area contributed by atoms with Crippen LogP contribution >= 0.6 is 0 Å². The van der Waals surface area contributed by atoms with E-state index in [4.69, 9.17) is 10.1 Å². The molecule has 0 saturated heterocycles. The third-order valence-electron chi connectivity index (χ3n) is 3.52. The molecule has 130 valence electrons. The molecule has 25 heavy (non-hydrogen) atoms. The molecule has 2 N–H and O–H groups in total. The van der Waals surface area contributed by atoms with Gasteiger partial charge in [-0.1, -0.05) is 12.1 Å². The van der Waals surface area contributed by atoms with E-state index in [0.717, 1.165) is 5.56 Å². The number of Topliss-reactive ketones (excluding diaryl/α,β-unsaturated/α-hetero) is 1. The third-order valence-corrected chi connectivity index (χ3v) is 3.52. The Balaban J connectivity index is 1.96. The molecule has 5 nitrogen and oxygen atoms in total. The fraction of sp³-hybridized carbons (Fsp3) is 0.211. The Labute approximate surface area is 145 Å². The van der Waals surface area contributed by atoms with Gasteiger partial charge in [0.2, 0.25) is 11.7 Å². The van der Waals surface area contributed by atoms with Gasteiger partial charge in [0, 0.05) is 12.5 Å². The smallest absolute Gasteiger partial charge is 0.217 e. The van der Waals surface area contributed by atoms with Gasteiger partial charge in [-0.05, 0) is 48.9 Å². The summed E-state index contributed by atoms with van der Waals surface area (Å²) >= 11 is 0. The van der Waals surface area contributed by atoms with Gasteiger partial charge in [-0.25, -0.2) is 4.39 Å². The number of ether oxygens (including phenoxy) is 1. The molecular weight excluding hydrogens is 323 g/mol. The lowest BCUT2D eigenvalue weighted by atomic mass is 10.0. The van der Waals surface area contributed by atoms with E-state index in [9.17, 15) is 14.0 Å². The van der Waals surface area contributed by atoms with E-state index >= 15 is 0 Å². The molecule has 0 aliphatic heterocycles. The largest absolute Gasteiger partial charge is 0.489 e. The number of rotatable bonds is 7. The van der Waals surface area contributed by atoms with Gasteiger partial charge in [-0.2, -0.15) is 0 Å². The fourth-order valence-electron chi connectivity index (χ4n) is 2.19. The highest BCUT2D eigenvalue weighted by molar-refractivity contribution is 6.46. The normalized spacial score (nSPS) is 11.5. The lowest BCUT2D eigenvalue weighted by Gasteiger charge is -2.12. The van der Waals surface area contributed by atoms with Gasteiger partial charge in [0.15, 0.2) is 0 Å². The van der Waals surface area contributed by atoms with Gasteiger partial charge in [-0.15, -0.1) is 0 Å². The average molecular weight is 342 g/mol. The second-order valence-corrected chi connectivity index (χ2v) is 5.60. The van der Waals surface area contributed by atoms with Crippen LogP contribution in [0.5, 0.6) is 5.75 Å². The van der Waals surface area contributed by atoms with Gasteiger partial charge in [0.25, 0.3) is 0 Å². The summed E-state index contributed by atoms with van der Waals surface area (Å²) < 4.78 is 18.4. The second kappa shape index (κ2) is 8.19. The molecule has 2 aromatic carbocycles. The van der Waals surface area contributed by atoms with Gasteiger partial charge in [-0.3, -0.25) is 15.0 Å². The zero-order chi connectivity index (χ0) is 18.4. The summed E-state index contributed by atoms with van der Waals surface area (Å²) in [6, 6.07) is 11.8. The number of carbonyl (C=O) groups excluding carboxylic acids is 2. The monoisotopic (exact) mass is 342 g/mol. The molecule has 0 spiro atoms. The molecule has 2 rings (SSSR count). The van der Waals surface area contributed by atoms with E-state index in [1.807, 2.05) is 0 Å². The molecule has 0 radical (unpaired) electrons. The zero-order valence-corrected chi connectivity index (χ0v) is 14.0. The first kappa shape index (κ1) is 18.3. The minimum Gasteiger partial charge on any atom is -0.489 e. The van der Waals surface area contributed by atoms with Crippen molar-refractivity contribution >= 4 is 17.4 Å². The van der Waals surface area contributed by atoms with Gasteiger partial charge in [0.05, 0.1) is 6.04 Å². The van der Waals surface area contributed by atoms with E-state index in [2.05, 4.69) is 5.32 Å². The Bertz CT molecular complexity index is 770. The minimum absolute atomic E-state index is 0.175. The van der Waals surface area contributed by atoms with Crippen LogP contribution in [0.1, 0.15) is 25.0 Å². The lowest BCUT2D eigenvalue weighted by Crippen LogP contribution is -2.40. The van der Waals surface area contributed by atoms with Crippen LogP contribution in [0.4, 0.5) is 4.39 Å². The number of hydrogen-bond acceptors (Lipinski definition) is 4. The van der Waals surface area contributed by atoms with Crippen molar-refractivity contribution in [2.75, 3.05) is 0 Å². The Morgan fingerprint density at radius 3 is 2.28 bits per heavy atom. The number of hydrogen-bond donors (Lipinski definition) is 2. The van der Waals surface area contributed by atoms with E-state index < -0.39 is 11.8 Å². The Kier molecular flexibility index (Phi) is 6.00. The van der Waals surface area contributed by atoms with Crippen LogP contribution in [0.2, 0.25) is 0 Å². The van der Waals surface area contributed by atoms with Crippen molar-refractivity contribution in [1.29, 1.82) is 5.41 Å². The summed E-state index contributed by atoms with van der Waals surface area (Å²) in [6.07, 6.45) is 0. The number of nitrogens with one attached hydrogen (secondary N) is 2. The molecule has 0 aliphatic rings. The topological polar surface area (TPSA) is 79.3 Å².